The molecule has 0 aliphatic carbocycles. The predicted molar refractivity (Wildman–Crippen MR) is 174 cm³/mol. The molecule has 223 valence electrons. The standard InChI is InChI=1S/C31H32NO.C6H11NO.Ir/c1-18(2)12-23-17-25-29(32-27-14-19(3)13-20(4)28(27)30(25)33-23)22-15-21-10-8-9-11-24(21)26(16-22)31(5,6)7;1-5(7-3)4-6(2)8;/h8-11,13-14,16-18H,12H2,1-7H3;4H,1-3H3,(H,7,8);/q-1;;/p-1. The number of benzene rings is 3. The van der Waals surface area contributed by atoms with Gasteiger partial charge in [-0.3, -0.25) is 9.78 Å². The summed E-state index contributed by atoms with van der Waals surface area (Å²) in [4.78, 5) is 15.5. The Bertz CT molecular complexity index is 1770. The number of aromatic nitrogens is 1. The van der Waals surface area contributed by atoms with Crippen LogP contribution in [0.2, 0.25) is 0 Å². The summed E-state index contributed by atoms with van der Waals surface area (Å²) in [7, 11) is 1.66. The van der Waals surface area contributed by atoms with E-state index < -0.39 is 0 Å². The van der Waals surface area contributed by atoms with Gasteiger partial charge in [-0.15, -0.1) is 36.2 Å². The summed E-state index contributed by atoms with van der Waals surface area (Å²) in [5.74, 6) is 1.59. The summed E-state index contributed by atoms with van der Waals surface area (Å²) >= 11 is 0. The molecule has 0 spiro atoms. The fourth-order valence-electron chi connectivity index (χ4n) is 5.36. The molecule has 42 heavy (non-hydrogen) atoms. The third-order valence-corrected chi connectivity index (χ3v) is 7.17. The van der Waals surface area contributed by atoms with Gasteiger partial charge in [0, 0.05) is 43.0 Å². The molecule has 5 heteroatoms. The Balaban J connectivity index is 0.000000475. The first-order valence-corrected chi connectivity index (χ1v) is 14.4. The van der Waals surface area contributed by atoms with Crippen LogP contribution in [0.1, 0.15) is 70.9 Å². The molecule has 2 aromatic heterocycles. The normalized spacial score (nSPS) is 11.9. The van der Waals surface area contributed by atoms with Crippen LogP contribution in [0.4, 0.5) is 0 Å². The number of hydrogen-bond donors (Lipinski definition) is 0. The Morgan fingerprint density at radius 1 is 1.05 bits per heavy atom. The number of carbonyl (C=O) groups is 1. The maximum atomic E-state index is 10.3. The summed E-state index contributed by atoms with van der Waals surface area (Å²) in [5, 5.41) is 8.35. The molecular formula is C37H42IrN2O2-2. The van der Waals surface area contributed by atoms with Crippen molar-refractivity contribution in [3.63, 3.8) is 0 Å². The molecule has 0 bridgehead atoms. The maximum Gasteiger partial charge on any atom is 0.151 e. The second kappa shape index (κ2) is 13.4. The third-order valence-electron chi connectivity index (χ3n) is 7.17. The number of nitrogens with zero attached hydrogens (tertiary/aromatic N) is 2. The van der Waals surface area contributed by atoms with Crippen molar-refractivity contribution in [2.75, 3.05) is 7.05 Å². The van der Waals surface area contributed by atoms with Crippen molar-refractivity contribution in [2.24, 2.45) is 5.92 Å². The molecule has 0 amide bonds. The van der Waals surface area contributed by atoms with Gasteiger partial charge in [0.25, 0.3) is 0 Å². The minimum atomic E-state index is 0. The number of hydrogen-bond acceptors (Lipinski definition) is 3. The van der Waals surface area contributed by atoms with E-state index in [0.717, 1.165) is 56.4 Å². The van der Waals surface area contributed by atoms with Crippen LogP contribution in [0, 0.1) is 25.8 Å². The molecule has 5 aromatic rings. The van der Waals surface area contributed by atoms with E-state index in [1.165, 1.54) is 35.1 Å². The van der Waals surface area contributed by atoms with Gasteiger partial charge < -0.3 is 9.73 Å². The van der Waals surface area contributed by atoms with Gasteiger partial charge >= 0.3 is 0 Å². The minimum absolute atomic E-state index is 0. The zero-order valence-corrected chi connectivity index (χ0v) is 28.9. The van der Waals surface area contributed by atoms with E-state index in [1.54, 1.807) is 14.0 Å². The molecule has 0 N–H and O–H groups in total. The van der Waals surface area contributed by atoms with E-state index in [-0.39, 0.29) is 31.3 Å². The average Bonchev–Trinajstić information content (AvgIpc) is 3.29. The molecule has 0 saturated carbocycles. The molecule has 0 aliphatic heterocycles. The van der Waals surface area contributed by atoms with Gasteiger partial charge in [-0.2, -0.15) is 5.70 Å². The zero-order chi connectivity index (χ0) is 30.1. The fourth-order valence-corrected chi connectivity index (χ4v) is 5.36. The number of ketones is 1. The maximum absolute atomic E-state index is 10.3. The quantitative estimate of drug-likeness (QED) is 0.133. The fraction of sp³-hybridized carbons (Fsp3) is 0.351. The van der Waals surface area contributed by atoms with Crippen LogP contribution in [-0.2, 0) is 36.7 Å². The predicted octanol–water partition coefficient (Wildman–Crippen LogP) is 10.2. The molecule has 3 aromatic carbocycles. The first-order valence-electron chi connectivity index (χ1n) is 14.4. The third kappa shape index (κ3) is 7.38. The van der Waals surface area contributed by atoms with Crippen molar-refractivity contribution in [3.8, 4) is 11.3 Å². The van der Waals surface area contributed by atoms with Gasteiger partial charge in [0.2, 0.25) is 0 Å². The van der Waals surface area contributed by atoms with Crippen molar-refractivity contribution < 1.29 is 29.3 Å². The van der Waals surface area contributed by atoms with Crippen molar-refractivity contribution in [3.05, 3.63) is 94.1 Å². The van der Waals surface area contributed by atoms with Gasteiger partial charge in [-0.25, -0.2) is 0 Å². The van der Waals surface area contributed by atoms with Gasteiger partial charge in [0.15, 0.2) is 5.78 Å². The van der Waals surface area contributed by atoms with Crippen molar-refractivity contribution in [1.29, 1.82) is 0 Å². The second-order valence-corrected chi connectivity index (χ2v) is 12.5. The SMILES string of the molecule is C[N-]/C(C)=C\C(C)=O.Cc1cc(C)c2c(c1)nc(-c1[c-]c3ccccc3c(C(C)(C)C)c1)c1cc(CC(C)C)oc12.[Ir]. The Kier molecular flexibility index (Phi) is 10.6. The molecule has 0 aliphatic rings. The topological polar surface area (TPSA) is 57.2 Å². The number of aryl methyl sites for hydroxylation is 2. The Morgan fingerprint density at radius 3 is 2.33 bits per heavy atom. The number of furan rings is 1. The van der Waals surface area contributed by atoms with Crippen molar-refractivity contribution in [2.45, 2.75) is 74.1 Å². The number of rotatable bonds is 5. The summed E-state index contributed by atoms with van der Waals surface area (Å²) < 4.78 is 6.51. The number of pyridine rings is 1. The molecule has 2 heterocycles. The van der Waals surface area contributed by atoms with Crippen LogP contribution in [0.25, 0.3) is 49.2 Å². The smallest absolute Gasteiger partial charge is 0.151 e. The van der Waals surface area contributed by atoms with Crippen LogP contribution in [-0.4, -0.2) is 17.8 Å². The minimum Gasteiger partial charge on any atom is -0.690 e. The summed E-state index contributed by atoms with van der Waals surface area (Å²) in [6, 6.07) is 21.1. The van der Waals surface area contributed by atoms with Crippen molar-refractivity contribution in [1.82, 2.24) is 4.98 Å². The van der Waals surface area contributed by atoms with Crippen LogP contribution in [0.15, 0.2) is 64.7 Å². The van der Waals surface area contributed by atoms with Crippen LogP contribution in [0.5, 0.6) is 0 Å². The largest absolute Gasteiger partial charge is 0.690 e. The van der Waals surface area contributed by atoms with E-state index in [2.05, 4.69) is 108 Å². The van der Waals surface area contributed by atoms with Crippen LogP contribution < -0.4 is 0 Å². The van der Waals surface area contributed by atoms with Gasteiger partial charge in [0.1, 0.15) is 11.3 Å². The van der Waals surface area contributed by atoms with Gasteiger partial charge in [0.05, 0.1) is 5.52 Å². The molecule has 0 saturated heterocycles. The first kappa shape index (κ1) is 33.2. The second-order valence-electron chi connectivity index (χ2n) is 12.5. The summed E-state index contributed by atoms with van der Waals surface area (Å²) in [6.45, 7) is 18.9. The van der Waals surface area contributed by atoms with E-state index >= 15 is 0 Å². The van der Waals surface area contributed by atoms with Crippen LogP contribution >= 0.6 is 0 Å². The summed E-state index contributed by atoms with van der Waals surface area (Å²) in [5.41, 5.74) is 8.43. The molecule has 0 atom stereocenters. The van der Waals surface area contributed by atoms with Gasteiger partial charge in [-0.1, -0.05) is 76.8 Å². The van der Waals surface area contributed by atoms with Crippen molar-refractivity contribution >= 4 is 38.4 Å². The molecule has 4 nitrogen and oxygen atoms in total. The number of allylic oxidation sites excluding steroid dienone is 2. The molecular weight excluding hydrogens is 697 g/mol. The molecule has 5 rings (SSSR count). The van der Waals surface area contributed by atoms with E-state index in [4.69, 9.17) is 9.40 Å². The average molecular weight is 739 g/mol. The van der Waals surface area contributed by atoms with E-state index in [0.29, 0.717) is 5.92 Å². The number of fused-ring (bicyclic) bond motifs is 4. The molecule has 0 unspecified atom stereocenters. The van der Waals surface area contributed by atoms with E-state index in [9.17, 15) is 4.79 Å². The number of carbonyl (C=O) groups excluding carboxylic acids is 1. The Morgan fingerprint density at radius 2 is 1.74 bits per heavy atom. The zero-order valence-electron chi connectivity index (χ0n) is 26.5. The first-order chi connectivity index (χ1) is 19.3. The molecule has 1 radical (unpaired) electrons. The van der Waals surface area contributed by atoms with Gasteiger partial charge in [-0.05, 0) is 61.4 Å². The van der Waals surface area contributed by atoms with E-state index in [1.807, 2.05) is 0 Å². The Hall–Kier alpha value is -3.27. The Labute approximate surface area is 264 Å². The monoisotopic (exact) mass is 739 g/mol. The van der Waals surface area contributed by atoms with Crippen LogP contribution in [0.3, 0.4) is 0 Å². The summed E-state index contributed by atoms with van der Waals surface area (Å²) in [6.07, 6.45) is 2.41. The molecule has 0 fully saturated rings.